The number of nitrogens with one attached hydrogen (secondary N) is 1. The first-order valence-corrected chi connectivity index (χ1v) is 9.30. The monoisotopic (exact) mass is 357 g/mol. The van der Waals surface area contributed by atoms with Gasteiger partial charge in [0.2, 0.25) is 0 Å². The highest BCUT2D eigenvalue weighted by Gasteiger charge is 2.38. The van der Waals surface area contributed by atoms with Crippen LogP contribution < -0.4 is 5.32 Å². The molecule has 0 spiro atoms. The summed E-state index contributed by atoms with van der Waals surface area (Å²) in [6.07, 6.45) is 0. The van der Waals surface area contributed by atoms with E-state index in [-0.39, 0.29) is 16.8 Å². The summed E-state index contributed by atoms with van der Waals surface area (Å²) in [6, 6.07) is 23.0. The van der Waals surface area contributed by atoms with Crippen molar-refractivity contribution in [3.63, 3.8) is 0 Å². The van der Waals surface area contributed by atoms with Gasteiger partial charge in [-0.2, -0.15) is 0 Å². The number of fused-ring (bicyclic) bond motifs is 3. The number of benzene rings is 3. The van der Waals surface area contributed by atoms with Gasteiger partial charge in [-0.15, -0.1) is 11.8 Å². The van der Waals surface area contributed by atoms with Gasteiger partial charge in [0.1, 0.15) is 5.75 Å². The minimum absolute atomic E-state index is 0.0525. The summed E-state index contributed by atoms with van der Waals surface area (Å²) in [5.74, 6) is 0.260. The van der Waals surface area contributed by atoms with Crippen molar-refractivity contribution >= 4 is 28.9 Å². The van der Waals surface area contributed by atoms with Crippen molar-refractivity contribution in [1.82, 2.24) is 0 Å². The quantitative estimate of drug-likeness (QED) is 0.624. The zero-order valence-corrected chi connectivity index (χ0v) is 14.6. The molecule has 0 bridgehead atoms. The summed E-state index contributed by atoms with van der Waals surface area (Å²) in [7, 11) is 0. The second-order valence-electron chi connectivity index (χ2n) is 6.38. The molecule has 3 aromatic rings. The van der Waals surface area contributed by atoms with Crippen LogP contribution >= 0.6 is 11.8 Å². The Labute approximate surface area is 155 Å². The van der Waals surface area contributed by atoms with Crippen LogP contribution in [0.1, 0.15) is 26.7 Å². The normalized spacial score (nSPS) is 17.8. The Morgan fingerprint density at radius 3 is 2.50 bits per heavy atom. The Bertz CT molecular complexity index is 1090. The predicted molar refractivity (Wildman–Crippen MR) is 104 cm³/mol. The average Bonchev–Trinajstić information content (AvgIpc) is 2.83. The average molecular weight is 357 g/mol. The minimum atomic E-state index is -0.187. The third-order valence-electron chi connectivity index (χ3n) is 4.78. The Kier molecular flexibility index (Phi) is 3.40. The van der Waals surface area contributed by atoms with E-state index < -0.39 is 0 Å². The molecule has 0 fully saturated rings. The summed E-state index contributed by atoms with van der Waals surface area (Å²) in [5.41, 5.74) is 5.21. The molecule has 3 aromatic carbocycles. The van der Waals surface area contributed by atoms with Gasteiger partial charge < -0.3 is 10.4 Å². The molecule has 0 saturated carbocycles. The van der Waals surface area contributed by atoms with E-state index in [1.54, 1.807) is 23.9 Å². The number of rotatable bonds is 1. The molecule has 26 heavy (non-hydrogen) atoms. The lowest BCUT2D eigenvalue weighted by Crippen LogP contribution is -2.07. The van der Waals surface area contributed by atoms with Crippen LogP contribution in [0, 0.1) is 0 Å². The van der Waals surface area contributed by atoms with Gasteiger partial charge in [0, 0.05) is 21.6 Å². The summed E-state index contributed by atoms with van der Waals surface area (Å²) in [6.45, 7) is 0. The van der Waals surface area contributed by atoms with Gasteiger partial charge in [0.05, 0.1) is 16.6 Å². The highest BCUT2D eigenvalue weighted by Crippen LogP contribution is 2.52. The van der Waals surface area contributed by atoms with Crippen molar-refractivity contribution in [2.75, 3.05) is 5.32 Å². The highest BCUT2D eigenvalue weighted by atomic mass is 32.2. The minimum Gasteiger partial charge on any atom is -0.508 e. The molecular weight excluding hydrogens is 342 g/mol. The zero-order valence-electron chi connectivity index (χ0n) is 13.8. The number of hydrogen-bond donors (Lipinski definition) is 2. The molecule has 0 aromatic heterocycles. The predicted octanol–water partition coefficient (Wildman–Crippen LogP) is 5.26. The maximum atomic E-state index is 13.2. The van der Waals surface area contributed by atoms with Crippen molar-refractivity contribution in [1.29, 1.82) is 0 Å². The van der Waals surface area contributed by atoms with Crippen LogP contribution in [0.15, 0.2) is 83.3 Å². The van der Waals surface area contributed by atoms with E-state index in [2.05, 4.69) is 11.4 Å². The fourth-order valence-corrected chi connectivity index (χ4v) is 4.89. The van der Waals surface area contributed by atoms with Crippen LogP contribution in [0.5, 0.6) is 5.75 Å². The molecule has 1 aliphatic carbocycles. The first-order valence-electron chi connectivity index (χ1n) is 8.42. The van der Waals surface area contributed by atoms with Crippen LogP contribution in [-0.2, 0) is 0 Å². The molecule has 2 aliphatic rings. The number of anilines is 1. The number of phenols is 1. The first-order chi connectivity index (χ1) is 12.7. The third-order valence-corrected chi connectivity index (χ3v) is 6.14. The molecular formula is C22H15NO2S. The summed E-state index contributed by atoms with van der Waals surface area (Å²) in [5, 5.41) is 13.3. The van der Waals surface area contributed by atoms with Crippen LogP contribution in [0.4, 0.5) is 5.69 Å². The van der Waals surface area contributed by atoms with Crippen LogP contribution in [-0.4, -0.2) is 10.9 Å². The zero-order chi connectivity index (χ0) is 17.7. The second kappa shape index (κ2) is 5.78. The molecule has 1 heterocycles. The lowest BCUT2D eigenvalue weighted by molar-refractivity contribution is 0.103. The maximum Gasteiger partial charge on any atom is 0.193 e. The van der Waals surface area contributed by atoms with Crippen molar-refractivity contribution in [2.45, 2.75) is 10.1 Å². The number of thioether (sulfide) groups is 1. The van der Waals surface area contributed by atoms with Gasteiger partial charge in [0.15, 0.2) is 5.78 Å². The molecule has 1 unspecified atom stereocenters. The Hall–Kier alpha value is -2.98. The number of carbonyl (C=O) groups is 1. The fraction of sp³-hybridized carbons (Fsp3) is 0.0455. The molecule has 2 N–H and O–H groups in total. The Morgan fingerprint density at radius 2 is 1.65 bits per heavy atom. The van der Waals surface area contributed by atoms with Crippen LogP contribution in [0.3, 0.4) is 0 Å². The highest BCUT2D eigenvalue weighted by molar-refractivity contribution is 8.00. The molecule has 0 saturated heterocycles. The van der Waals surface area contributed by atoms with Crippen LogP contribution in [0.2, 0.25) is 0 Å². The molecule has 126 valence electrons. The third kappa shape index (κ3) is 2.26. The van der Waals surface area contributed by atoms with E-state index >= 15 is 0 Å². The molecule has 1 atom stereocenters. The topological polar surface area (TPSA) is 49.3 Å². The van der Waals surface area contributed by atoms with Gasteiger partial charge >= 0.3 is 0 Å². The number of phenolic OH excluding ortho intramolecular Hbond substituents is 1. The molecule has 4 heteroatoms. The number of aromatic hydroxyl groups is 1. The molecule has 0 radical (unpaired) electrons. The molecule has 1 aliphatic heterocycles. The Morgan fingerprint density at radius 1 is 0.885 bits per heavy atom. The summed E-state index contributed by atoms with van der Waals surface area (Å²) in [4.78, 5) is 14.3. The van der Waals surface area contributed by atoms with Crippen molar-refractivity contribution in [2.24, 2.45) is 0 Å². The first kappa shape index (κ1) is 15.3. The van der Waals surface area contributed by atoms with E-state index in [1.807, 2.05) is 54.6 Å². The number of para-hydroxylation sites is 1. The smallest absolute Gasteiger partial charge is 0.193 e. The van der Waals surface area contributed by atoms with Gasteiger partial charge in [-0.25, -0.2) is 0 Å². The summed E-state index contributed by atoms with van der Waals surface area (Å²) >= 11 is 1.64. The van der Waals surface area contributed by atoms with Crippen LogP contribution in [0.25, 0.3) is 5.70 Å². The standard InChI is InChI=1S/C22H15NO2S/c24-14-7-5-6-13(12-14)22-19-20(15-8-1-2-9-16(15)21(19)25)23-17-10-3-4-11-18(17)26-22/h1-12,22-24H. The summed E-state index contributed by atoms with van der Waals surface area (Å²) < 4.78 is 0. The van der Waals surface area contributed by atoms with Gasteiger partial charge in [0.25, 0.3) is 0 Å². The molecule has 0 amide bonds. The SMILES string of the molecule is O=C1C2=C(Nc3ccccc3SC2c2cccc(O)c2)c2ccccc21. The molecule has 3 nitrogen and oxygen atoms in total. The number of hydrogen-bond acceptors (Lipinski definition) is 4. The van der Waals surface area contributed by atoms with E-state index in [4.69, 9.17) is 0 Å². The number of ketones is 1. The van der Waals surface area contributed by atoms with Crippen molar-refractivity contribution in [3.8, 4) is 5.75 Å². The largest absolute Gasteiger partial charge is 0.508 e. The maximum absolute atomic E-state index is 13.2. The lowest BCUT2D eigenvalue weighted by Gasteiger charge is -2.17. The van der Waals surface area contributed by atoms with E-state index in [1.165, 1.54) is 0 Å². The Balaban J connectivity index is 1.76. The van der Waals surface area contributed by atoms with E-state index in [9.17, 15) is 9.90 Å². The van der Waals surface area contributed by atoms with Crippen molar-refractivity contribution in [3.05, 3.63) is 95.1 Å². The van der Waals surface area contributed by atoms with E-state index in [0.29, 0.717) is 0 Å². The van der Waals surface area contributed by atoms with Gasteiger partial charge in [-0.1, -0.05) is 48.5 Å². The number of Topliss-reactive ketones (excluding diaryl/α,β-unsaturated/α-hetero) is 1. The second-order valence-corrected chi connectivity index (χ2v) is 7.52. The van der Waals surface area contributed by atoms with Gasteiger partial charge in [-0.3, -0.25) is 4.79 Å². The van der Waals surface area contributed by atoms with Gasteiger partial charge in [-0.05, 0) is 29.8 Å². The lowest BCUT2D eigenvalue weighted by atomic mass is 10.0. The van der Waals surface area contributed by atoms with Crippen molar-refractivity contribution < 1.29 is 9.90 Å². The molecule has 5 rings (SSSR count). The fourth-order valence-electron chi connectivity index (χ4n) is 3.60. The number of carbonyl (C=O) groups excluding carboxylic acids is 1. The van der Waals surface area contributed by atoms with E-state index in [0.717, 1.165) is 38.5 Å².